The molecule has 2 amide bonds. The van der Waals surface area contributed by atoms with Gasteiger partial charge in [-0.2, -0.15) is 0 Å². The van der Waals surface area contributed by atoms with Crippen LogP contribution in [0.1, 0.15) is 67.3 Å². The van der Waals surface area contributed by atoms with Crippen molar-refractivity contribution in [3.8, 4) is 0 Å². The molecule has 3 saturated heterocycles. The molecule has 5 heterocycles. The Kier molecular flexibility index (Phi) is 11.3. The van der Waals surface area contributed by atoms with E-state index in [0.717, 1.165) is 97.8 Å². The third kappa shape index (κ3) is 7.97. The summed E-state index contributed by atoms with van der Waals surface area (Å²) in [6.07, 6.45) is 6.18. The topological polar surface area (TPSA) is 71.1 Å². The first-order chi connectivity index (χ1) is 23.5. The average molecular weight is 709 g/mol. The second-order valence-corrected chi connectivity index (χ2v) is 15.2. The lowest BCUT2D eigenvalue weighted by atomic mass is 10.1. The lowest BCUT2D eigenvalue weighted by molar-refractivity contribution is 0.0590. The summed E-state index contributed by atoms with van der Waals surface area (Å²) in [5.41, 5.74) is 3.54. The summed E-state index contributed by atoms with van der Waals surface area (Å²) >= 11 is 12.7. The summed E-state index contributed by atoms with van der Waals surface area (Å²) in [6, 6.07) is 13.2. The van der Waals surface area contributed by atoms with Crippen LogP contribution in [0.3, 0.4) is 0 Å². The third-order valence-corrected chi connectivity index (χ3v) is 11.2. The maximum atomic E-state index is 13.0. The van der Waals surface area contributed by atoms with E-state index in [2.05, 4.69) is 65.1 Å². The van der Waals surface area contributed by atoms with Crippen LogP contribution in [-0.2, 0) is 0 Å². The molecule has 49 heavy (non-hydrogen) atoms. The van der Waals surface area contributed by atoms with E-state index in [1.54, 1.807) is 6.20 Å². The zero-order valence-corrected chi connectivity index (χ0v) is 31.1. The Morgan fingerprint density at radius 1 is 0.735 bits per heavy atom. The van der Waals surface area contributed by atoms with Crippen LogP contribution in [0.25, 0.3) is 21.8 Å². The molecule has 9 nitrogen and oxygen atoms in total. The second-order valence-electron chi connectivity index (χ2n) is 14.4. The van der Waals surface area contributed by atoms with E-state index < -0.39 is 0 Å². The number of benzene rings is 2. The molecule has 3 fully saturated rings. The van der Waals surface area contributed by atoms with Crippen LogP contribution in [0.4, 0.5) is 0 Å². The molecule has 7 rings (SSSR count). The monoisotopic (exact) mass is 707 g/mol. The van der Waals surface area contributed by atoms with E-state index in [1.165, 1.54) is 12.8 Å². The average Bonchev–Trinajstić information content (AvgIpc) is 3.66. The molecular formula is C38H51Cl2N7O2. The molecule has 3 aliphatic heterocycles. The highest BCUT2D eigenvalue weighted by Crippen LogP contribution is 2.33. The zero-order valence-electron chi connectivity index (χ0n) is 29.6. The second kappa shape index (κ2) is 15.4. The highest BCUT2D eigenvalue weighted by Gasteiger charge is 2.26. The fraction of sp³-hybridized carbons (Fsp3) is 0.526. The molecule has 0 bridgehead atoms. The van der Waals surface area contributed by atoms with Crippen molar-refractivity contribution in [3.05, 3.63) is 70.0 Å². The number of piperidine rings is 1. The predicted octanol–water partition coefficient (Wildman–Crippen LogP) is 6.72. The van der Waals surface area contributed by atoms with Gasteiger partial charge in [0, 0.05) is 122 Å². The molecule has 3 aliphatic rings. The summed E-state index contributed by atoms with van der Waals surface area (Å²) in [5, 5.41) is 3.29. The molecule has 264 valence electrons. The van der Waals surface area contributed by atoms with Gasteiger partial charge in [-0.15, -0.1) is 0 Å². The van der Waals surface area contributed by atoms with Gasteiger partial charge in [-0.3, -0.25) is 19.4 Å². The molecule has 2 aromatic carbocycles. The van der Waals surface area contributed by atoms with Crippen molar-refractivity contribution in [3.63, 3.8) is 0 Å². The maximum Gasteiger partial charge on any atom is 0.253 e. The molecule has 0 spiro atoms. The summed E-state index contributed by atoms with van der Waals surface area (Å²) in [5.74, 6) is 0.212. The highest BCUT2D eigenvalue weighted by atomic mass is 35.5. The minimum absolute atomic E-state index is 0.0950. The molecule has 1 unspecified atom stereocenters. The number of nitrogens with zero attached hydrogens (tertiary/aromatic N) is 6. The Hall–Kier alpha value is -3.08. The van der Waals surface area contributed by atoms with Crippen LogP contribution in [0.5, 0.6) is 0 Å². The van der Waals surface area contributed by atoms with Crippen molar-refractivity contribution < 1.29 is 9.59 Å². The van der Waals surface area contributed by atoms with E-state index in [4.69, 9.17) is 23.2 Å². The summed E-state index contributed by atoms with van der Waals surface area (Å²) in [4.78, 5) is 39.8. The molecule has 1 N–H and O–H groups in total. The number of aromatic nitrogens is 2. The number of likely N-dealkylation sites (tertiary alicyclic amines) is 1. The number of hydrogen-bond acceptors (Lipinski definition) is 5. The van der Waals surface area contributed by atoms with Gasteiger partial charge in [0.05, 0.1) is 10.0 Å². The Balaban J connectivity index is 0.000000177. The fourth-order valence-corrected chi connectivity index (χ4v) is 7.95. The SMILES string of the molecule is CC(C)N1CCN(C(=O)c2ccc3[nH]cc(Cl)c3c2)CC1.CC(C)N1CCN(C(=O)c2ccc3c(c2)c(Cl)cn3C2CCCN(C)C2)CC1. The van der Waals surface area contributed by atoms with Gasteiger partial charge in [0.2, 0.25) is 0 Å². The first kappa shape index (κ1) is 35.7. The number of halogens is 2. The predicted molar refractivity (Wildman–Crippen MR) is 201 cm³/mol. The fourth-order valence-electron chi connectivity index (χ4n) is 7.48. The van der Waals surface area contributed by atoms with Gasteiger partial charge in [-0.05, 0) is 90.5 Å². The Bertz CT molecular complexity index is 1770. The van der Waals surface area contributed by atoms with Crippen LogP contribution in [0.15, 0.2) is 48.8 Å². The first-order valence-corrected chi connectivity index (χ1v) is 18.6. The number of hydrogen-bond donors (Lipinski definition) is 1. The number of H-pyrrole nitrogens is 1. The van der Waals surface area contributed by atoms with Gasteiger partial charge in [-0.1, -0.05) is 23.2 Å². The molecule has 0 saturated carbocycles. The number of amides is 2. The van der Waals surface area contributed by atoms with Crippen molar-refractivity contribution in [2.45, 2.75) is 58.7 Å². The summed E-state index contributed by atoms with van der Waals surface area (Å²) in [6.45, 7) is 17.9. The van der Waals surface area contributed by atoms with Crippen LogP contribution < -0.4 is 0 Å². The summed E-state index contributed by atoms with van der Waals surface area (Å²) in [7, 11) is 2.18. The molecule has 0 aliphatic carbocycles. The van der Waals surface area contributed by atoms with E-state index >= 15 is 0 Å². The van der Waals surface area contributed by atoms with Gasteiger partial charge in [0.1, 0.15) is 0 Å². The number of aromatic amines is 1. The van der Waals surface area contributed by atoms with Crippen molar-refractivity contribution in [2.24, 2.45) is 0 Å². The number of piperazine rings is 2. The quantitative estimate of drug-likeness (QED) is 0.250. The first-order valence-electron chi connectivity index (χ1n) is 17.8. The Morgan fingerprint density at radius 3 is 1.84 bits per heavy atom. The van der Waals surface area contributed by atoms with Gasteiger partial charge in [-0.25, -0.2) is 0 Å². The standard InChI is InChI=1S/C22H31ClN4O.C16H20ClN3O/c1-16(2)25-9-11-26(12-10-25)22(28)17-6-7-21-19(13-17)20(23)15-27(21)18-5-4-8-24(3)14-18;1-11(2)19-5-7-20(8-6-19)16(21)12-3-4-15-13(9-12)14(17)10-18-15/h6-7,13,15-16,18H,4-5,8-12,14H2,1-3H3;3-4,9-11,18H,5-8H2,1-2H3. The van der Waals surface area contributed by atoms with Crippen molar-refractivity contribution in [1.29, 1.82) is 0 Å². The van der Waals surface area contributed by atoms with E-state index in [0.29, 0.717) is 28.7 Å². The minimum atomic E-state index is 0.0950. The molecular weight excluding hydrogens is 657 g/mol. The molecule has 0 radical (unpaired) electrons. The van der Waals surface area contributed by atoms with E-state index in [1.807, 2.05) is 46.3 Å². The van der Waals surface area contributed by atoms with Gasteiger partial charge >= 0.3 is 0 Å². The molecule has 11 heteroatoms. The minimum Gasteiger partial charge on any atom is -0.360 e. The van der Waals surface area contributed by atoms with Gasteiger partial charge < -0.3 is 24.3 Å². The van der Waals surface area contributed by atoms with Crippen LogP contribution in [-0.4, -0.2) is 130 Å². The molecule has 2 aromatic heterocycles. The number of rotatable bonds is 5. The normalized spacial score (nSPS) is 20.0. The van der Waals surface area contributed by atoms with Crippen LogP contribution in [0, 0.1) is 0 Å². The third-order valence-electron chi connectivity index (χ3n) is 10.6. The number of carbonyl (C=O) groups excluding carboxylic acids is 2. The Morgan fingerprint density at radius 2 is 1.29 bits per heavy atom. The number of likely N-dealkylation sites (N-methyl/N-ethyl adjacent to an activating group) is 1. The van der Waals surface area contributed by atoms with E-state index in [9.17, 15) is 9.59 Å². The highest BCUT2D eigenvalue weighted by molar-refractivity contribution is 6.36. The van der Waals surface area contributed by atoms with Crippen molar-refractivity contribution in [2.75, 3.05) is 72.5 Å². The van der Waals surface area contributed by atoms with E-state index in [-0.39, 0.29) is 11.8 Å². The zero-order chi connectivity index (χ0) is 34.8. The Labute approximate surface area is 300 Å². The van der Waals surface area contributed by atoms with Crippen LogP contribution in [0.2, 0.25) is 10.0 Å². The number of carbonyl (C=O) groups is 2. The lowest BCUT2D eigenvalue weighted by Gasteiger charge is -2.37. The van der Waals surface area contributed by atoms with Crippen molar-refractivity contribution in [1.82, 2.24) is 34.1 Å². The number of nitrogens with one attached hydrogen (secondary N) is 1. The van der Waals surface area contributed by atoms with Crippen molar-refractivity contribution >= 4 is 56.8 Å². The maximum absolute atomic E-state index is 13.0. The van der Waals surface area contributed by atoms with Crippen LogP contribution >= 0.6 is 23.2 Å². The molecule has 1 atom stereocenters. The summed E-state index contributed by atoms with van der Waals surface area (Å²) < 4.78 is 2.31. The lowest BCUT2D eigenvalue weighted by Crippen LogP contribution is -2.50. The smallest absolute Gasteiger partial charge is 0.253 e. The number of fused-ring (bicyclic) bond motifs is 2. The molecule has 4 aromatic rings. The largest absolute Gasteiger partial charge is 0.360 e. The van der Waals surface area contributed by atoms with Gasteiger partial charge in [0.25, 0.3) is 11.8 Å². The van der Waals surface area contributed by atoms with Gasteiger partial charge in [0.15, 0.2) is 0 Å².